The second kappa shape index (κ2) is 5.77. The first-order valence-electron chi connectivity index (χ1n) is 6.44. The highest BCUT2D eigenvalue weighted by atomic mass is 32.2. The van der Waals surface area contributed by atoms with Crippen molar-refractivity contribution in [2.24, 2.45) is 0 Å². The maximum absolute atomic E-state index is 12.7. The van der Waals surface area contributed by atoms with Crippen molar-refractivity contribution in [3.63, 3.8) is 0 Å². The van der Waals surface area contributed by atoms with E-state index in [0.717, 1.165) is 11.1 Å². The number of rotatable bonds is 4. The van der Waals surface area contributed by atoms with Crippen LogP contribution in [0.4, 0.5) is 0 Å². The van der Waals surface area contributed by atoms with Crippen LogP contribution in [0.3, 0.4) is 0 Å². The van der Waals surface area contributed by atoms with Crippen LogP contribution in [-0.4, -0.2) is 22.6 Å². The van der Waals surface area contributed by atoms with Crippen molar-refractivity contribution in [2.75, 3.05) is 14.2 Å². The Labute approximate surface area is 125 Å². The molecule has 0 unspecified atom stereocenters. The topological polar surface area (TPSA) is 52.6 Å². The quantitative estimate of drug-likeness (QED) is 0.870. The van der Waals surface area contributed by atoms with Crippen LogP contribution in [0.15, 0.2) is 46.2 Å². The Morgan fingerprint density at radius 1 is 0.762 bits per heavy atom. The first-order chi connectivity index (χ1) is 9.90. The van der Waals surface area contributed by atoms with Crippen molar-refractivity contribution in [3.8, 4) is 11.5 Å². The van der Waals surface area contributed by atoms with Gasteiger partial charge in [-0.3, -0.25) is 0 Å². The van der Waals surface area contributed by atoms with Gasteiger partial charge in [0.25, 0.3) is 0 Å². The molecule has 0 saturated carbocycles. The van der Waals surface area contributed by atoms with E-state index in [2.05, 4.69) is 0 Å². The third kappa shape index (κ3) is 2.88. The summed E-state index contributed by atoms with van der Waals surface area (Å²) in [4.78, 5) is 0.510. The lowest BCUT2D eigenvalue weighted by Gasteiger charge is -2.10. The highest BCUT2D eigenvalue weighted by molar-refractivity contribution is 7.91. The number of ether oxygens (including phenoxy) is 2. The summed E-state index contributed by atoms with van der Waals surface area (Å²) in [6.45, 7) is 3.63. The minimum absolute atomic E-state index is 0.255. The summed E-state index contributed by atoms with van der Waals surface area (Å²) < 4.78 is 35.6. The minimum Gasteiger partial charge on any atom is -0.496 e. The van der Waals surface area contributed by atoms with Gasteiger partial charge in [-0.1, -0.05) is 0 Å². The van der Waals surface area contributed by atoms with Crippen LogP contribution in [0, 0.1) is 13.8 Å². The number of hydrogen-bond donors (Lipinski definition) is 0. The van der Waals surface area contributed by atoms with Crippen LogP contribution in [-0.2, 0) is 9.84 Å². The van der Waals surface area contributed by atoms with Crippen LogP contribution >= 0.6 is 0 Å². The molecule has 0 heterocycles. The fraction of sp³-hybridized carbons (Fsp3) is 0.250. The van der Waals surface area contributed by atoms with Crippen molar-refractivity contribution < 1.29 is 17.9 Å². The molecule has 0 atom stereocenters. The fourth-order valence-corrected chi connectivity index (χ4v) is 3.60. The van der Waals surface area contributed by atoms with Crippen LogP contribution in [0.25, 0.3) is 0 Å². The summed E-state index contributed by atoms with van der Waals surface area (Å²) in [7, 11) is -0.427. The molecule has 0 bridgehead atoms. The second-order valence-corrected chi connectivity index (χ2v) is 6.72. The number of sulfone groups is 1. The van der Waals surface area contributed by atoms with Crippen LogP contribution in [0.2, 0.25) is 0 Å². The molecule has 4 nitrogen and oxygen atoms in total. The van der Waals surface area contributed by atoms with Gasteiger partial charge in [0.1, 0.15) is 11.5 Å². The predicted octanol–water partition coefficient (Wildman–Crippen LogP) is 3.15. The molecule has 0 aromatic heterocycles. The smallest absolute Gasteiger partial charge is 0.206 e. The normalized spacial score (nSPS) is 11.2. The Kier molecular flexibility index (Phi) is 4.23. The standard InChI is InChI=1S/C16H18O4S/c1-11-9-13(5-7-15(11)19-3)21(17,18)14-6-8-16(20-4)12(2)10-14/h5-10H,1-4H3. The van der Waals surface area contributed by atoms with E-state index >= 15 is 0 Å². The Hall–Kier alpha value is -2.01. The third-order valence-corrected chi connectivity index (χ3v) is 5.10. The lowest BCUT2D eigenvalue weighted by atomic mass is 10.2. The van der Waals surface area contributed by atoms with E-state index in [4.69, 9.17) is 9.47 Å². The monoisotopic (exact) mass is 306 g/mol. The molecule has 0 aliphatic heterocycles. The van der Waals surface area contributed by atoms with Crippen molar-refractivity contribution in [1.29, 1.82) is 0 Å². The molecule has 21 heavy (non-hydrogen) atoms. The molecule has 0 N–H and O–H groups in total. The van der Waals surface area contributed by atoms with Crippen LogP contribution in [0.5, 0.6) is 11.5 Å². The van der Waals surface area contributed by atoms with Gasteiger partial charge in [-0.2, -0.15) is 0 Å². The first-order valence-corrected chi connectivity index (χ1v) is 7.93. The highest BCUT2D eigenvalue weighted by Crippen LogP contribution is 2.28. The molecule has 2 aromatic rings. The molecular formula is C16H18O4S. The second-order valence-electron chi connectivity index (χ2n) is 4.77. The zero-order chi connectivity index (χ0) is 15.6. The van der Waals surface area contributed by atoms with E-state index in [9.17, 15) is 8.42 Å². The maximum Gasteiger partial charge on any atom is 0.206 e. The van der Waals surface area contributed by atoms with Gasteiger partial charge in [0.05, 0.1) is 24.0 Å². The third-order valence-electron chi connectivity index (χ3n) is 3.35. The Morgan fingerprint density at radius 2 is 1.14 bits per heavy atom. The molecule has 0 fully saturated rings. The zero-order valence-corrected chi connectivity index (χ0v) is 13.3. The van der Waals surface area contributed by atoms with E-state index in [1.54, 1.807) is 50.6 Å². The molecule has 2 aromatic carbocycles. The summed E-state index contributed by atoms with van der Waals surface area (Å²) in [5, 5.41) is 0. The van der Waals surface area contributed by atoms with E-state index in [1.807, 2.05) is 13.8 Å². The van der Waals surface area contributed by atoms with Gasteiger partial charge in [-0.15, -0.1) is 0 Å². The maximum atomic E-state index is 12.7. The van der Waals surface area contributed by atoms with Gasteiger partial charge in [0.2, 0.25) is 9.84 Å². The van der Waals surface area contributed by atoms with Crippen LogP contribution < -0.4 is 9.47 Å². The van der Waals surface area contributed by atoms with Crippen molar-refractivity contribution >= 4 is 9.84 Å². The van der Waals surface area contributed by atoms with Gasteiger partial charge in [-0.05, 0) is 61.4 Å². The van der Waals surface area contributed by atoms with Gasteiger partial charge in [0, 0.05) is 0 Å². The lowest BCUT2D eigenvalue weighted by Crippen LogP contribution is -2.03. The highest BCUT2D eigenvalue weighted by Gasteiger charge is 2.19. The number of aryl methyl sites for hydroxylation is 2. The minimum atomic E-state index is -3.55. The van der Waals surface area contributed by atoms with E-state index in [-0.39, 0.29) is 9.79 Å². The summed E-state index contributed by atoms with van der Waals surface area (Å²) in [5.74, 6) is 1.33. The largest absolute Gasteiger partial charge is 0.496 e. The molecule has 0 amide bonds. The van der Waals surface area contributed by atoms with Gasteiger partial charge in [-0.25, -0.2) is 8.42 Å². The SMILES string of the molecule is COc1ccc(S(=O)(=O)c2ccc(OC)c(C)c2)cc1C. The van der Waals surface area contributed by atoms with Crippen LogP contribution in [0.1, 0.15) is 11.1 Å². The lowest BCUT2D eigenvalue weighted by molar-refractivity contribution is 0.411. The van der Waals surface area contributed by atoms with Crippen molar-refractivity contribution in [1.82, 2.24) is 0 Å². The fourth-order valence-electron chi connectivity index (χ4n) is 2.17. The first kappa shape index (κ1) is 15.4. The zero-order valence-electron chi connectivity index (χ0n) is 12.5. The molecule has 0 saturated heterocycles. The average molecular weight is 306 g/mol. The Bertz CT molecular complexity index is 704. The van der Waals surface area contributed by atoms with Crippen molar-refractivity contribution in [3.05, 3.63) is 47.5 Å². The average Bonchev–Trinajstić information content (AvgIpc) is 2.47. The molecule has 5 heteroatoms. The molecule has 0 spiro atoms. The number of hydrogen-bond acceptors (Lipinski definition) is 4. The molecular weight excluding hydrogens is 288 g/mol. The molecule has 112 valence electrons. The number of methoxy groups -OCH3 is 2. The van der Waals surface area contributed by atoms with Gasteiger partial charge < -0.3 is 9.47 Å². The Balaban J connectivity index is 2.51. The van der Waals surface area contributed by atoms with Gasteiger partial charge >= 0.3 is 0 Å². The summed E-state index contributed by atoms with van der Waals surface area (Å²) in [6, 6.07) is 9.68. The summed E-state index contributed by atoms with van der Waals surface area (Å²) in [6.07, 6.45) is 0. The van der Waals surface area contributed by atoms with E-state index in [1.165, 1.54) is 0 Å². The number of benzene rings is 2. The van der Waals surface area contributed by atoms with Crippen molar-refractivity contribution in [2.45, 2.75) is 23.6 Å². The Morgan fingerprint density at radius 3 is 1.43 bits per heavy atom. The summed E-state index contributed by atoms with van der Waals surface area (Å²) in [5.41, 5.74) is 1.56. The molecule has 0 aliphatic carbocycles. The molecule has 0 aliphatic rings. The van der Waals surface area contributed by atoms with E-state index in [0.29, 0.717) is 11.5 Å². The van der Waals surface area contributed by atoms with Gasteiger partial charge in [0.15, 0.2) is 0 Å². The molecule has 0 radical (unpaired) electrons. The predicted molar refractivity (Wildman–Crippen MR) is 80.9 cm³/mol. The molecule has 2 rings (SSSR count). The van der Waals surface area contributed by atoms with E-state index < -0.39 is 9.84 Å². The summed E-state index contributed by atoms with van der Waals surface area (Å²) >= 11 is 0.